The zero-order valence-corrected chi connectivity index (χ0v) is 8.52. The van der Waals surface area contributed by atoms with Gasteiger partial charge >= 0.3 is 0 Å². The van der Waals surface area contributed by atoms with Crippen molar-refractivity contribution in [2.45, 2.75) is 49.9 Å². The topological polar surface area (TPSA) is 29.1 Å². The van der Waals surface area contributed by atoms with Crippen molar-refractivity contribution in [1.82, 2.24) is 5.32 Å². The third kappa shape index (κ3) is 2.37. The van der Waals surface area contributed by atoms with Gasteiger partial charge in [0.2, 0.25) is 5.91 Å². The minimum absolute atomic E-state index is 0.0658. The Balaban J connectivity index is 1.79. The number of rotatable bonds is 3. The normalized spacial score (nSPS) is 25.9. The molecule has 2 aliphatic rings. The number of amides is 1. The third-order valence-corrected chi connectivity index (χ3v) is 3.54. The van der Waals surface area contributed by atoms with Gasteiger partial charge in [0.1, 0.15) is 5.38 Å². The first-order valence-corrected chi connectivity index (χ1v) is 5.65. The van der Waals surface area contributed by atoms with Crippen LogP contribution in [0, 0.1) is 5.92 Å². The van der Waals surface area contributed by atoms with E-state index in [1.807, 2.05) is 0 Å². The molecule has 0 radical (unpaired) electrons. The van der Waals surface area contributed by atoms with Crippen LogP contribution < -0.4 is 5.32 Å². The van der Waals surface area contributed by atoms with Crippen molar-refractivity contribution < 1.29 is 4.79 Å². The summed E-state index contributed by atoms with van der Waals surface area (Å²) < 4.78 is 0. The second kappa shape index (κ2) is 3.87. The minimum atomic E-state index is -0.275. The Kier molecular flexibility index (Phi) is 2.77. The zero-order valence-electron chi connectivity index (χ0n) is 7.76. The van der Waals surface area contributed by atoms with Gasteiger partial charge in [0.15, 0.2) is 0 Å². The van der Waals surface area contributed by atoms with Crippen LogP contribution in [0.3, 0.4) is 0 Å². The molecule has 0 saturated heterocycles. The van der Waals surface area contributed by atoms with E-state index >= 15 is 0 Å². The summed E-state index contributed by atoms with van der Waals surface area (Å²) >= 11 is 6.10. The van der Waals surface area contributed by atoms with Crippen LogP contribution in [0.1, 0.15) is 38.5 Å². The maximum Gasteiger partial charge on any atom is 0.238 e. The van der Waals surface area contributed by atoms with E-state index in [4.69, 9.17) is 11.6 Å². The molecule has 0 aromatic heterocycles. The fraction of sp³-hybridized carbons (Fsp3) is 0.900. The highest BCUT2D eigenvalue weighted by molar-refractivity contribution is 6.31. The molecule has 2 fully saturated rings. The average Bonchev–Trinajstić information content (AvgIpc) is 2.78. The molecule has 13 heavy (non-hydrogen) atoms. The molecule has 74 valence electrons. The number of carbonyl (C=O) groups is 1. The maximum atomic E-state index is 11.5. The number of nitrogens with one attached hydrogen (secondary N) is 1. The maximum absolute atomic E-state index is 11.5. The summed E-state index contributed by atoms with van der Waals surface area (Å²) in [6, 6.07) is 0.440. The zero-order chi connectivity index (χ0) is 9.26. The molecule has 2 saturated carbocycles. The highest BCUT2D eigenvalue weighted by atomic mass is 35.5. The van der Waals surface area contributed by atoms with Crippen molar-refractivity contribution in [1.29, 1.82) is 0 Å². The first-order chi connectivity index (χ1) is 6.27. The standard InChI is InChI=1S/C10H16ClNO/c11-9(7-3-1-2-4-7)10(13)12-8-5-6-8/h7-9H,1-6H2,(H,12,13). The molecule has 2 nitrogen and oxygen atoms in total. The lowest BCUT2D eigenvalue weighted by Crippen LogP contribution is -2.36. The summed E-state index contributed by atoms with van der Waals surface area (Å²) in [6.45, 7) is 0. The summed E-state index contributed by atoms with van der Waals surface area (Å²) in [5.41, 5.74) is 0. The quantitative estimate of drug-likeness (QED) is 0.696. The Hall–Kier alpha value is -0.240. The van der Waals surface area contributed by atoms with Crippen molar-refractivity contribution in [3.63, 3.8) is 0 Å². The Morgan fingerprint density at radius 2 is 1.85 bits per heavy atom. The number of hydrogen-bond acceptors (Lipinski definition) is 1. The van der Waals surface area contributed by atoms with Crippen LogP contribution in [0.5, 0.6) is 0 Å². The fourth-order valence-electron chi connectivity index (χ4n) is 1.97. The number of halogens is 1. The van der Waals surface area contributed by atoms with E-state index in [0.717, 1.165) is 25.7 Å². The van der Waals surface area contributed by atoms with E-state index in [-0.39, 0.29) is 11.3 Å². The summed E-state index contributed by atoms with van der Waals surface area (Å²) in [7, 11) is 0. The Labute approximate surface area is 84.0 Å². The van der Waals surface area contributed by atoms with Crippen molar-refractivity contribution in [3.05, 3.63) is 0 Å². The van der Waals surface area contributed by atoms with E-state index < -0.39 is 0 Å². The second-order valence-corrected chi connectivity index (χ2v) is 4.70. The van der Waals surface area contributed by atoms with Gasteiger partial charge in [-0.1, -0.05) is 12.8 Å². The van der Waals surface area contributed by atoms with Gasteiger partial charge in [0, 0.05) is 6.04 Å². The molecule has 3 heteroatoms. The molecule has 0 spiro atoms. The fourth-order valence-corrected chi connectivity index (χ4v) is 2.29. The molecule has 2 rings (SSSR count). The monoisotopic (exact) mass is 201 g/mol. The summed E-state index contributed by atoms with van der Waals surface area (Å²) in [5.74, 6) is 0.497. The van der Waals surface area contributed by atoms with Crippen LogP contribution in [0.25, 0.3) is 0 Å². The Bertz CT molecular complexity index is 197. The van der Waals surface area contributed by atoms with E-state index in [9.17, 15) is 4.79 Å². The van der Waals surface area contributed by atoms with Gasteiger partial charge in [-0.3, -0.25) is 4.79 Å². The molecule has 0 heterocycles. The molecule has 0 aromatic carbocycles. The lowest BCUT2D eigenvalue weighted by molar-refractivity contribution is -0.121. The van der Waals surface area contributed by atoms with Gasteiger partial charge in [-0.15, -0.1) is 11.6 Å². The van der Waals surface area contributed by atoms with Gasteiger partial charge in [-0.05, 0) is 31.6 Å². The van der Waals surface area contributed by atoms with Crippen molar-refractivity contribution >= 4 is 17.5 Å². The van der Waals surface area contributed by atoms with Crippen molar-refractivity contribution in [2.75, 3.05) is 0 Å². The van der Waals surface area contributed by atoms with Crippen LogP contribution in [0.4, 0.5) is 0 Å². The Morgan fingerprint density at radius 1 is 1.23 bits per heavy atom. The molecule has 2 aliphatic carbocycles. The van der Waals surface area contributed by atoms with E-state index in [2.05, 4.69) is 5.32 Å². The summed E-state index contributed by atoms with van der Waals surface area (Å²) in [6.07, 6.45) is 7.02. The molecule has 0 aromatic rings. The van der Waals surface area contributed by atoms with Crippen LogP contribution in [0.2, 0.25) is 0 Å². The van der Waals surface area contributed by atoms with Crippen LogP contribution in [-0.2, 0) is 4.79 Å². The van der Waals surface area contributed by atoms with Crippen LogP contribution in [-0.4, -0.2) is 17.3 Å². The van der Waals surface area contributed by atoms with Crippen molar-refractivity contribution in [3.8, 4) is 0 Å². The number of carbonyl (C=O) groups excluding carboxylic acids is 1. The lowest BCUT2D eigenvalue weighted by Gasteiger charge is -2.15. The predicted molar refractivity (Wildman–Crippen MR) is 52.8 cm³/mol. The smallest absolute Gasteiger partial charge is 0.238 e. The van der Waals surface area contributed by atoms with Gasteiger partial charge in [0.05, 0.1) is 0 Å². The lowest BCUT2D eigenvalue weighted by atomic mass is 10.0. The minimum Gasteiger partial charge on any atom is -0.352 e. The highest BCUT2D eigenvalue weighted by Gasteiger charge is 2.32. The summed E-state index contributed by atoms with van der Waals surface area (Å²) in [5, 5.41) is 2.68. The Morgan fingerprint density at radius 3 is 2.38 bits per heavy atom. The van der Waals surface area contributed by atoms with Crippen LogP contribution >= 0.6 is 11.6 Å². The molecular formula is C10H16ClNO. The highest BCUT2D eigenvalue weighted by Crippen LogP contribution is 2.31. The largest absolute Gasteiger partial charge is 0.352 e. The van der Waals surface area contributed by atoms with E-state index in [1.54, 1.807) is 0 Å². The van der Waals surface area contributed by atoms with E-state index in [1.165, 1.54) is 12.8 Å². The molecule has 1 atom stereocenters. The molecule has 0 bridgehead atoms. The van der Waals surface area contributed by atoms with Crippen LogP contribution in [0.15, 0.2) is 0 Å². The predicted octanol–water partition coefficient (Wildman–Crippen LogP) is 2.06. The van der Waals surface area contributed by atoms with E-state index in [0.29, 0.717) is 12.0 Å². The molecule has 1 unspecified atom stereocenters. The molecule has 0 aliphatic heterocycles. The molecular weight excluding hydrogens is 186 g/mol. The number of hydrogen-bond donors (Lipinski definition) is 1. The number of alkyl halides is 1. The first kappa shape index (κ1) is 9.32. The first-order valence-electron chi connectivity index (χ1n) is 5.22. The van der Waals surface area contributed by atoms with Crippen molar-refractivity contribution in [2.24, 2.45) is 5.92 Å². The van der Waals surface area contributed by atoms with Gasteiger partial charge < -0.3 is 5.32 Å². The van der Waals surface area contributed by atoms with Gasteiger partial charge in [0.25, 0.3) is 0 Å². The second-order valence-electron chi connectivity index (χ2n) is 4.23. The van der Waals surface area contributed by atoms with Gasteiger partial charge in [-0.2, -0.15) is 0 Å². The third-order valence-electron chi connectivity index (χ3n) is 2.99. The molecule has 1 N–H and O–H groups in total. The van der Waals surface area contributed by atoms with Gasteiger partial charge in [-0.25, -0.2) is 0 Å². The average molecular weight is 202 g/mol. The summed E-state index contributed by atoms with van der Waals surface area (Å²) in [4.78, 5) is 11.5. The SMILES string of the molecule is O=C(NC1CC1)C(Cl)C1CCCC1. The molecule has 1 amide bonds.